The first-order valence-electron chi connectivity index (χ1n) is 3.56. The molecule has 1 rings (SSSR count). The minimum Gasteiger partial charge on any atom is -0.380 e. The Kier molecular flexibility index (Phi) is 2.65. The van der Waals surface area contributed by atoms with Crippen molar-refractivity contribution in [3.63, 3.8) is 0 Å². The average Bonchev–Trinajstić information content (AvgIpc) is 1.87. The van der Waals surface area contributed by atoms with Gasteiger partial charge in [0.1, 0.15) is 0 Å². The van der Waals surface area contributed by atoms with Gasteiger partial charge in [-0.2, -0.15) is 0 Å². The summed E-state index contributed by atoms with van der Waals surface area (Å²) in [6, 6.07) is 0. The summed E-state index contributed by atoms with van der Waals surface area (Å²) >= 11 is 0. The lowest BCUT2D eigenvalue weighted by molar-refractivity contribution is -0.311. The summed E-state index contributed by atoms with van der Waals surface area (Å²) < 4.78 is 5.09. The highest BCUT2D eigenvalue weighted by molar-refractivity contribution is 4.83. The Bertz CT molecular complexity index is 93.5. The standard InChI is InChI=1S/C7H14O3/c1-3-7(4-9-5-7)6-10-8-2/h3-6H2,1-2H3. The number of hydrogen-bond donors (Lipinski definition) is 0. The second kappa shape index (κ2) is 3.32. The fraction of sp³-hybridized carbons (Fsp3) is 1.00. The van der Waals surface area contributed by atoms with E-state index < -0.39 is 0 Å². The van der Waals surface area contributed by atoms with Crippen molar-refractivity contribution >= 4 is 0 Å². The highest BCUT2D eigenvalue weighted by Gasteiger charge is 2.37. The molecule has 1 aliphatic rings. The Balaban J connectivity index is 2.20. The summed E-state index contributed by atoms with van der Waals surface area (Å²) in [5.74, 6) is 0. The molecule has 0 aromatic rings. The maximum absolute atomic E-state index is 5.09. The fourth-order valence-corrected chi connectivity index (χ4v) is 0.964. The quantitative estimate of drug-likeness (QED) is 0.437. The molecule has 0 saturated carbocycles. The Morgan fingerprint density at radius 3 is 2.50 bits per heavy atom. The van der Waals surface area contributed by atoms with Gasteiger partial charge in [0.05, 0.1) is 26.9 Å². The Morgan fingerprint density at radius 1 is 1.50 bits per heavy atom. The van der Waals surface area contributed by atoms with Gasteiger partial charge in [-0.25, -0.2) is 9.78 Å². The Morgan fingerprint density at radius 2 is 2.20 bits per heavy atom. The summed E-state index contributed by atoms with van der Waals surface area (Å²) in [5.41, 5.74) is 0.246. The van der Waals surface area contributed by atoms with Crippen molar-refractivity contribution in [1.29, 1.82) is 0 Å². The van der Waals surface area contributed by atoms with Crippen LogP contribution in [0.3, 0.4) is 0 Å². The summed E-state index contributed by atoms with van der Waals surface area (Å²) in [6.07, 6.45) is 1.09. The normalized spacial score (nSPS) is 22.2. The van der Waals surface area contributed by atoms with Gasteiger partial charge in [0, 0.05) is 5.41 Å². The molecule has 1 heterocycles. The van der Waals surface area contributed by atoms with Crippen molar-refractivity contribution in [2.24, 2.45) is 5.41 Å². The first-order valence-corrected chi connectivity index (χ1v) is 3.56. The van der Waals surface area contributed by atoms with Crippen molar-refractivity contribution in [2.75, 3.05) is 26.9 Å². The molecule has 3 nitrogen and oxygen atoms in total. The molecule has 0 radical (unpaired) electrons. The molecule has 1 aliphatic heterocycles. The monoisotopic (exact) mass is 146 g/mol. The Labute approximate surface area is 61.2 Å². The van der Waals surface area contributed by atoms with Crippen molar-refractivity contribution in [2.45, 2.75) is 13.3 Å². The van der Waals surface area contributed by atoms with Crippen LogP contribution in [0, 0.1) is 5.41 Å². The van der Waals surface area contributed by atoms with Gasteiger partial charge in [0.25, 0.3) is 0 Å². The molecule has 0 bridgehead atoms. The van der Waals surface area contributed by atoms with Crippen LogP contribution in [0.15, 0.2) is 0 Å². The van der Waals surface area contributed by atoms with Crippen LogP contribution in [-0.4, -0.2) is 26.9 Å². The van der Waals surface area contributed by atoms with E-state index in [4.69, 9.17) is 9.62 Å². The van der Waals surface area contributed by atoms with Gasteiger partial charge in [-0.15, -0.1) is 0 Å². The smallest absolute Gasteiger partial charge is 0.0922 e. The molecule has 0 amide bonds. The maximum Gasteiger partial charge on any atom is 0.0922 e. The van der Waals surface area contributed by atoms with E-state index in [1.165, 1.54) is 7.11 Å². The highest BCUT2D eigenvalue weighted by Crippen LogP contribution is 2.31. The van der Waals surface area contributed by atoms with Gasteiger partial charge in [0.2, 0.25) is 0 Å². The minimum atomic E-state index is 0.246. The van der Waals surface area contributed by atoms with E-state index in [0.717, 1.165) is 19.6 Å². The molecule has 1 fully saturated rings. The molecule has 0 N–H and O–H groups in total. The third kappa shape index (κ3) is 1.48. The van der Waals surface area contributed by atoms with Crippen LogP contribution in [0.2, 0.25) is 0 Å². The first kappa shape index (κ1) is 7.98. The van der Waals surface area contributed by atoms with E-state index in [-0.39, 0.29) is 5.41 Å². The average molecular weight is 146 g/mol. The van der Waals surface area contributed by atoms with Gasteiger partial charge in [-0.05, 0) is 6.42 Å². The third-order valence-electron chi connectivity index (χ3n) is 2.05. The van der Waals surface area contributed by atoms with Crippen LogP contribution in [0.1, 0.15) is 13.3 Å². The van der Waals surface area contributed by atoms with Gasteiger partial charge < -0.3 is 4.74 Å². The number of ether oxygens (including phenoxy) is 1. The van der Waals surface area contributed by atoms with E-state index in [2.05, 4.69) is 11.8 Å². The summed E-state index contributed by atoms with van der Waals surface area (Å²) in [5, 5.41) is 0. The summed E-state index contributed by atoms with van der Waals surface area (Å²) in [7, 11) is 1.53. The molecular weight excluding hydrogens is 132 g/mol. The molecule has 0 aromatic carbocycles. The van der Waals surface area contributed by atoms with Crippen molar-refractivity contribution < 1.29 is 14.5 Å². The van der Waals surface area contributed by atoms with E-state index in [9.17, 15) is 0 Å². The van der Waals surface area contributed by atoms with Crippen LogP contribution in [0.5, 0.6) is 0 Å². The van der Waals surface area contributed by atoms with Gasteiger partial charge in [-0.3, -0.25) is 0 Å². The lowest BCUT2D eigenvalue weighted by Gasteiger charge is -2.39. The highest BCUT2D eigenvalue weighted by atomic mass is 17.2. The fourth-order valence-electron chi connectivity index (χ4n) is 0.964. The minimum absolute atomic E-state index is 0.246. The number of rotatable bonds is 4. The van der Waals surface area contributed by atoms with Gasteiger partial charge >= 0.3 is 0 Å². The van der Waals surface area contributed by atoms with Crippen LogP contribution in [-0.2, 0) is 14.5 Å². The molecule has 0 unspecified atom stereocenters. The number of hydrogen-bond acceptors (Lipinski definition) is 3. The zero-order chi connectivity index (χ0) is 7.45. The van der Waals surface area contributed by atoms with E-state index in [1.807, 2.05) is 0 Å². The predicted octanol–water partition coefficient (Wildman–Crippen LogP) is 0.991. The van der Waals surface area contributed by atoms with E-state index in [1.54, 1.807) is 0 Å². The van der Waals surface area contributed by atoms with Crippen molar-refractivity contribution in [1.82, 2.24) is 0 Å². The third-order valence-corrected chi connectivity index (χ3v) is 2.05. The second-order valence-electron chi connectivity index (χ2n) is 2.78. The molecule has 3 heteroatoms. The van der Waals surface area contributed by atoms with Crippen LogP contribution in [0.4, 0.5) is 0 Å². The zero-order valence-corrected chi connectivity index (χ0v) is 6.55. The molecule has 10 heavy (non-hydrogen) atoms. The molecule has 0 atom stereocenters. The second-order valence-corrected chi connectivity index (χ2v) is 2.78. The SMILES string of the molecule is CCC1(COOC)COC1. The van der Waals surface area contributed by atoms with Gasteiger partial charge in [-0.1, -0.05) is 6.92 Å². The summed E-state index contributed by atoms with van der Waals surface area (Å²) in [6.45, 7) is 4.42. The molecular formula is C7H14O3. The van der Waals surface area contributed by atoms with Gasteiger partial charge in [0.15, 0.2) is 0 Å². The Hall–Kier alpha value is -0.120. The molecule has 60 valence electrons. The van der Waals surface area contributed by atoms with Crippen LogP contribution < -0.4 is 0 Å². The van der Waals surface area contributed by atoms with E-state index in [0.29, 0.717) is 6.61 Å². The topological polar surface area (TPSA) is 27.7 Å². The van der Waals surface area contributed by atoms with Crippen LogP contribution in [0.25, 0.3) is 0 Å². The first-order chi connectivity index (χ1) is 4.83. The van der Waals surface area contributed by atoms with Crippen molar-refractivity contribution in [3.8, 4) is 0 Å². The van der Waals surface area contributed by atoms with E-state index >= 15 is 0 Å². The predicted molar refractivity (Wildman–Crippen MR) is 36.5 cm³/mol. The molecule has 0 spiro atoms. The molecule has 0 aromatic heterocycles. The van der Waals surface area contributed by atoms with Crippen LogP contribution >= 0.6 is 0 Å². The molecule has 1 saturated heterocycles. The lowest BCUT2D eigenvalue weighted by Crippen LogP contribution is -2.45. The van der Waals surface area contributed by atoms with Crippen molar-refractivity contribution in [3.05, 3.63) is 0 Å². The lowest BCUT2D eigenvalue weighted by atomic mass is 9.84. The largest absolute Gasteiger partial charge is 0.380 e. The maximum atomic E-state index is 5.09. The molecule has 0 aliphatic carbocycles. The zero-order valence-electron chi connectivity index (χ0n) is 6.55. The summed E-state index contributed by atoms with van der Waals surface area (Å²) in [4.78, 5) is 9.37.